The highest BCUT2D eigenvalue weighted by Crippen LogP contribution is 2.20. The first-order valence-corrected chi connectivity index (χ1v) is 7.33. The van der Waals surface area contributed by atoms with Gasteiger partial charge < -0.3 is 10.4 Å². The molecule has 2 atom stereocenters. The average molecular weight is 404 g/mol. The molecule has 1 aromatic carbocycles. The van der Waals surface area contributed by atoms with Gasteiger partial charge >= 0.3 is 6.18 Å². The molecule has 0 radical (unpaired) electrons. The van der Waals surface area contributed by atoms with Crippen molar-refractivity contribution in [2.24, 2.45) is 0 Å². The number of hydrogen-bond donors (Lipinski definition) is 4. The number of amides is 2. The molecular weight excluding hydrogens is 391 g/mol. The van der Waals surface area contributed by atoms with Crippen LogP contribution in [-0.4, -0.2) is 46.4 Å². The van der Waals surface area contributed by atoms with Crippen LogP contribution in [0.4, 0.5) is 22.0 Å². The zero-order valence-electron chi connectivity index (χ0n) is 14.1. The third kappa shape index (κ3) is 6.54. The summed E-state index contributed by atoms with van der Waals surface area (Å²) in [6.45, 7) is 0.596. The maximum atomic E-state index is 12.9. The Labute approximate surface area is 155 Å². The number of nitrogens with one attached hydrogen (secondary N) is 2. The Morgan fingerprint density at radius 2 is 1.68 bits per heavy atom. The third-order valence-electron chi connectivity index (χ3n) is 3.29. The van der Waals surface area contributed by atoms with Crippen molar-refractivity contribution in [1.29, 1.82) is 0 Å². The van der Waals surface area contributed by atoms with Crippen molar-refractivity contribution >= 4 is 11.8 Å². The fraction of sp³-hybridized carbons (Fsp3) is 0.294. The van der Waals surface area contributed by atoms with Crippen molar-refractivity contribution in [3.63, 3.8) is 0 Å². The van der Waals surface area contributed by atoms with Crippen molar-refractivity contribution in [3.05, 3.63) is 35.4 Å². The van der Waals surface area contributed by atoms with Gasteiger partial charge in [-0.25, -0.2) is 14.3 Å². The summed E-state index contributed by atoms with van der Waals surface area (Å²) in [5.41, 5.74) is -1.83. The maximum Gasteiger partial charge on any atom is 0.458 e. The van der Waals surface area contributed by atoms with Gasteiger partial charge in [-0.15, -0.1) is 0 Å². The number of halogens is 5. The number of benzene rings is 1. The molecule has 0 aromatic heterocycles. The van der Waals surface area contributed by atoms with Crippen molar-refractivity contribution in [1.82, 2.24) is 10.8 Å². The van der Waals surface area contributed by atoms with Crippen LogP contribution >= 0.6 is 0 Å². The lowest BCUT2D eigenvalue weighted by Gasteiger charge is -2.30. The Morgan fingerprint density at radius 3 is 2.14 bits per heavy atom. The standard InChI is InChI=1S/C17H13F5N2O4/c1-16(27,15(18)19)12(14(26)24-28)23-13(25)11-7-5-10(6-8-11)4-2-3-9-17(20,21)22/h5-8,12,15,27-28H,1H3,(H,23,25)(H,24,26)/t12-,16+/m1/s1. The molecule has 0 aliphatic rings. The number of aliphatic hydroxyl groups is 1. The lowest BCUT2D eigenvalue weighted by atomic mass is 9.95. The van der Waals surface area contributed by atoms with E-state index in [4.69, 9.17) is 5.21 Å². The van der Waals surface area contributed by atoms with Gasteiger partial charge in [-0.1, -0.05) is 5.92 Å². The summed E-state index contributed by atoms with van der Waals surface area (Å²) in [6.07, 6.45) is -8.10. The zero-order valence-corrected chi connectivity index (χ0v) is 14.1. The van der Waals surface area contributed by atoms with Gasteiger partial charge in [0.25, 0.3) is 18.2 Å². The minimum atomic E-state index is -4.67. The summed E-state index contributed by atoms with van der Waals surface area (Å²) < 4.78 is 61.4. The Bertz CT molecular complexity index is 843. The van der Waals surface area contributed by atoms with Crippen LogP contribution in [0.15, 0.2) is 24.3 Å². The second-order valence-corrected chi connectivity index (χ2v) is 5.48. The monoisotopic (exact) mass is 404 g/mol. The van der Waals surface area contributed by atoms with Crippen molar-refractivity contribution in [3.8, 4) is 23.7 Å². The van der Waals surface area contributed by atoms with E-state index in [0.29, 0.717) is 6.92 Å². The van der Waals surface area contributed by atoms with Gasteiger partial charge in [0, 0.05) is 17.0 Å². The smallest absolute Gasteiger partial charge is 0.381 e. The lowest BCUT2D eigenvalue weighted by Crippen LogP contribution is -2.61. The molecule has 11 heteroatoms. The molecule has 0 saturated heterocycles. The van der Waals surface area contributed by atoms with E-state index in [9.17, 15) is 36.6 Å². The van der Waals surface area contributed by atoms with Crippen LogP contribution in [0, 0.1) is 23.7 Å². The van der Waals surface area contributed by atoms with Crippen LogP contribution in [0.25, 0.3) is 0 Å². The van der Waals surface area contributed by atoms with E-state index in [0.717, 1.165) is 23.5 Å². The first kappa shape index (κ1) is 22.9. The molecule has 150 valence electrons. The summed E-state index contributed by atoms with van der Waals surface area (Å²) in [7, 11) is 0. The minimum absolute atomic E-state index is 0.132. The highest BCUT2D eigenvalue weighted by atomic mass is 19.4. The topological polar surface area (TPSA) is 98.7 Å². The molecule has 0 spiro atoms. The Morgan fingerprint density at radius 1 is 1.11 bits per heavy atom. The van der Waals surface area contributed by atoms with Crippen molar-refractivity contribution < 1.29 is 41.9 Å². The average Bonchev–Trinajstić information content (AvgIpc) is 2.61. The SMILES string of the molecule is C[C@@](O)(C(F)F)[C@H](NC(=O)c1ccc(C#CC#CC(F)(F)F)cc1)C(=O)NO. The predicted octanol–water partition coefficient (Wildman–Crippen LogP) is 1.22. The van der Waals surface area contributed by atoms with Crippen molar-refractivity contribution in [2.45, 2.75) is 31.2 Å². The van der Waals surface area contributed by atoms with Crippen LogP contribution in [-0.2, 0) is 4.79 Å². The van der Waals surface area contributed by atoms with E-state index in [1.165, 1.54) is 12.1 Å². The molecule has 1 rings (SSSR count). The normalized spacial score (nSPS) is 13.9. The molecule has 4 N–H and O–H groups in total. The first-order valence-electron chi connectivity index (χ1n) is 7.33. The number of hydrogen-bond acceptors (Lipinski definition) is 4. The number of alkyl halides is 5. The van der Waals surface area contributed by atoms with Gasteiger partial charge in [0.15, 0.2) is 5.60 Å². The highest BCUT2D eigenvalue weighted by Gasteiger charge is 2.46. The number of carbonyl (C=O) groups excluding carboxylic acids is 2. The summed E-state index contributed by atoms with van der Waals surface area (Å²) in [6, 6.07) is 2.61. The molecule has 0 heterocycles. The molecule has 1 aromatic rings. The van der Waals surface area contributed by atoms with Crippen LogP contribution in [0.2, 0.25) is 0 Å². The second kappa shape index (κ2) is 9.17. The quantitative estimate of drug-likeness (QED) is 0.257. The van der Waals surface area contributed by atoms with E-state index >= 15 is 0 Å². The first-order chi connectivity index (χ1) is 12.9. The molecular formula is C17H13F5N2O4. The molecule has 0 aliphatic heterocycles. The number of rotatable bonds is 5. The Kier molecular flexibility index (Phi) is 7.50. The van der Waals surface area contributed by atoms with E-state index in [2.05, 4.69) is 5.92 Å². The van der Waals surface area contributed by atoms with Gasteiger partial charge in [0.05, 0.1) is 0 Å². The molecule has 2 amide bonds. The Balaban J connectivity index is 2.96. The van der Waals surface area contributed by atoms with Crippen LogP contribution in [0.3, 0.4) is 0 Å². The summed E-state index contributed by atoms with van der Waals surface area (Å²) in [5, 5.41) is 20.2. The predicted molar refractivity (Wildman–Crippen MR) is 85.0 cm³/mol. The van der Waals surface area contributed by atoms with Gasteiger partial charge in [-0.3, -0.25) is 14.8 Å². The molecule has 0 unspecified atom stereocenters. The summed E-state index contributed by atoms with van der Waals surface area (Å²) in [5.74, 6) is 4.31. The van der Waals surface area contributed by atoms with E-state index in [-0.39, 0.29) is 11.1 Å². The largest absolute Gasteiger partial charge is 0.458 e. The van der Waals surface area contributed by atoms with Crippen LogP contribution in [0.1, 0.15) is 22.8 Å². The van der Waals surface area contributed by atoms with Gasteiger partial charge in [-0.2, -0.15) is 13.2 Å². The van der Waals surface area contributed by atoms with E-state index in [1.807, 2.05) is 11.2 Å². The number of carbonyl (C=O) groups is 2. The fourth-order valence-electron chi connectivity index (χ4n) is 1.79. The molecule has 0 aliphatic carbocycles. The molecule has 28 heavy (non-hydrogen) atoms. The Hall–Kier alpha value is -3.15. The molecule has 0 fully saturated rings. The molecule has 0 saturated carbocycles. The molecule has 6 nitrogen and oxygen atoms in total. The van der Waals surface area contributed by atoms with E-state index in [1.54, 1.807) is 5.92 Å². The van der Waals surface area contributed by atoms with E-state index < -0.39 is 36.1 Å². The van der Waals surface area contributed by atoms with Crippen LogP contribution in [0.5, 0.6) is 0 Å². The second-order valence-electron chi connectivity index (χ2n) is 5.48. The summed E-state index contributed by atoms with van der Waals surface area (Å²) in [4.78, 5) is 23.6. The third-order valence-corrected chi connectivity index (χ3v) is 3.29. The maximum absolute atomic E-state index is 12.9. The van der Waals surface area contributed by atoms with Crippen molar-refractivity contribution in [2.75, 3.05) is 0 Å². The van der Waals surface area contributed by atoms with Crippen LogP contribution < -0.4 is 10.8 Å². The lowest BCUT2D eigenvalue weighted by molar-refractivity contribution is -0.149. The van der Waals surface area contributed by atoms with Gasteiger partial charge in [-0.05, 0) is 43.0 Å². The molecule has 0 bridgehead atoms. The number of hydroxylamine groups is 1. The minimum Gasteiger partial charge on any atom is -0.381 e. The zero-order chi connectivity index (χ0) is 21.5. The highest BCUT2D eigenvalue weighted by molar-refractivity contribution is 5.97. The fourth-order valence-corrected chi connectivity index (χ4v) is 1.79. The summed E-state index contributed by atoms with van der Waals surface area (Å²) >= 11 is 0. The van der Waals surface area contributed by atoms with Gasteiger partial charge in [0.1, 0.15) is 6.04 Å². The van der Waals surface area contributed by atoms with Gasteiger partial charge in [0.2, 0.25) is 0 Å².